The Balaban J connectivity index is 2.07. The molecule has 0 aliphatic heterocycles. The predicted molar refractivity (Wildman–Crippen MR) is 94.0 cm³/mol. The molecule has 0 bridgehead atoms. The Morgan fingerprint density at radius 1 is 1.22 bits per heavy atom. The van der Waals surface area contributed by atoms with E-state index in [1.165, 1.54) is 18.2 Å². The van der Waals surface area contributed by atoms with Crippen LogP contribution in [0.4, 0.5) is 15.8 Å². The fraction of sp³-hybridized carbons (Fsp3) is 0.278. The van der Waals surface area contributed by atoms with Crippen molar-refractivity contribution in [2.24, 2.45) is 0 Å². The first kappa shape index (κ1) is 17.3. The summed E-state index contributed by atoms with van der Waals surface area (Å²) in [5, 5.41) is 2.76. The zero-order valence-electron chi connectivity index (χ0n) is 13.3. The smallest absolute Gasteiger partial charge is 0.260 e. The van der Waals surface area contributed by atoms with Gasteiger partial charge in [-0.05, 0) is 42.8 Å². The number of unbranched alkanes of at least 4 members (excludes halogenated alkanes) is 1. The van der Waals surface area contributed by atoms with Crippen molar-refractivity contribution < 1.29 is 9.18 Å². The molecule has 2 aromatic rings. The average Bonchev–Trinajstić information content (AvgIpc) is 2.53. The Hall–Kier alpha value is -2.07. The molecular formula is C18H20ClFN2O. The summed E-state index contributed by atoms with van der Waals surface area (Å²) in [4.78, 5) is 14.3. The van der Waals surface area contributed by atoms with E-state index in [1.807, 2.05) is 19.2 Å². The van der Waals surface area contributed by atoms with Gasteiger partial charge in [-0.25, -0.2) is 4.39 Å². The first-order chi connectivity index (χ1) is 11.0. The molecule has 0 spiro atoms. The zero-order chi connectivity index (χ0) is 16.8. The molecule has 0 atom stereocenters. The van der Waals surface area contributed by atoms with Crippen molar-refractivity contribution in [2.45, 2.75) is 19.8 Å². The van der Waals surface area contributed by atoms with Gasteiger partial charge in [0.2, 0.25) is 0 Å². The normalized spacial score (nSPS) is 10.4. The topological polar surface area (TPSA) is 32.3 Å². The van der Waals surface area contributed by atoms with Gasteiger partial charge in [0.25, 0.3) is 5.91 Å². The number of benzene rings is 2. The molecule has 3 nitrogen and oxygen atoms in total. The van der Waals surface area contributed by atoms with Crippen LogP contribution in [0, 0.1) is 5.82 Å². The first-order valence-electron chi connectivity index (χ1n) is 7.59. The summed E-state index contributed by atoms with van der Waals surface area (Å²) in [5.74, 6) is -1.19. The van der Waals surface area contributed by atoms with Crippen molar-refractivity contribution in [2.75, 3.05) is 23.8 Å². The summed E-state index contributed by atoms with van der Waals surface area (Å²) < 4.78 is 13.7. The van der Waals surface area contributed by atoms with Crippen molar-refractivity contribution >= 4 is 28.9 Å². The Labute approximate surface area is 141 Å². The highest BCUT2D eigenvalue weighted by Gasteiger charge is 2.15. The first-order valence-corrected chi connectivity index (χ1v) is 7.97. The Morgan fingerprint density at radius 2 is 1.91 bits per heavy atom. The summed E-state index contributed by atoms with van der Waals surface area (Å²) in [6.07, 6.45) is 2.27. The van der Waals surface area contributed by atoms with Crippen molar-refractivity contribution in [1.29, 1.82) is 0 Å². The van der Waals surface area contributed by atoms with Crippen LogP contribution in [-0.4, -0.2) is 19.5 Å². The van der Waals surface area contributed by atoms with Gasteiger partial charge in [-0.15, -0.1) is 0 Å². The third-order valence-electron chi connectivity index (χ3n) is 3.60. The second kappa shape index (κ2) is 7.97. The van der Waals surface area contributed by atoms with Gasteiger partial charge in [0.05, 0.1) is 10.6 Å². The Bertz CT molecular complexity index is 653. The number of amides is 1. The molecule has 0 aromatic heterocycles. The minimum absolute atomic E-state index is 0.0958. The molecule has 0 heterocycles. The van der Waals surface area contributed by atoms with Gasteiger partial charge < -0.3 is 10.2 Å². The lowest BCUT2D eigenvalue weighted by Crippen LogP contribution is -2.18. The SMILES string of the molecule is CCCCN(C)c1ccc(NC(=O)c2c(F)cccc2Cl)cc1. The third-order valence-corrected chi connectivity index (χ3v) is 3.92. The van der Waals surface area contributed by atoms with Crippen LogP contribution in [0.3, 0.4) is 0 Å². The number of hydrogen-bond donors (Lipinski definition) is 1. The molecule has 23 heavy (non-hydrogen) atoms. The van der Waals surface area contributed by atoms with Crippen LogP contribution in [0.15, 0.2) is 42.5 Å². The lowest BCUT2D eigenvalue weighted by molar-refractivity contribution is 0.102. The molecule has 0 saturated carbocycles. The van der Waals surface area contributed by atoms with Gasteiger partial charge >= 0.3 is 0 Å². The molecule has 1 amide bonds. The molecule has 122 valence electrons. The Morgan fingerprint density at radius 3 is 2.52 bits per heavy atom. The van der Waals surface area contributed by atoms with Crippen LogP contribution in [0.1, 0.15) is 30.1 Å². The maximum Gasteiger partial charge on any atom is 0.260 e. The van der Waals surface area contributed by atoms with E-state index in [-0.39, 0.29) is 10.6 Å². The van der Waals surface area contributed by atoms with Crippen LogP contribution in [0.2, 0.25) is 5.02 Å². The summed E-state index contributed by atoms with van der Waals surface area (Å²) in [5.41, 5.74) is 1.53. The number of anilines is 2. The fourth-order valence-corrected chi connectivity index (χ4v) is 2.48. The number of carbonyl (C=O) groups excluding carboxylic acids is 1. The Kier molecular flexibility index (Phi) is 5.99. The van der Waals surface area contributed by atoms with E-state index < -0.39 is 11.7 Å². The summed E-state index contributed by atoms with van der Waals surface area (Å²) in [7, 11) is 2.03. The van der Waals surface area contributed by atoms with Crippen molar-refractivity contribution in [3.8, 4) is 0 Å². The van der Waals surface area contributed by atoms with E-state index in [0.29, 0.717) is 5.69 Å². The molecule has 0 radical (unpaired) electrons. The highest BCUT2D eigenvalue weighted by Crippen LogP contribution is 2.22. The lowest BCUT2D eigenvalue weighted by Gasteiger charge is -2.19. The minimum Gasteiger partial charge on any atom is -0.375 e. The standard InChI is InChI=1S/C18H20ClFN2O/c1-3-4-12-22(2)14-10-8-13(9-11-14)21-18(23)17-15(19)6-5-7-16(17)20/h5-11H,3-4,12H2,1-2H3,(H,21,23). The van der Waals surface area contributed by atoms with Gasteiger partial charge in [0.15, 0.2) is 0 Å². The third kappa shape index (κ3) is 4.45. The van der Waals surface area contributed by atoms with E-state index >= 15 is 0 Å². The molecular weight excluding hydrogens is 315 g/mol. The molecule has 0 saturated heterocycles. The monoisotopic (exact) mass is 334 g/mol. The van der Waals surface area contributed by atoms with Crippen molar-refractivity contribution in [1.82, 2.24) is 0 Å². The average molecular weight is 335 g/mol. The maximum atomic E-state index is 13.7. The highest BCUT2D eigenvalue weighted by atomic mass is 35.5. The van der Waals surface area contributed by atoms with E-state index in [0.717, 1.165) is 25.1 Å². The van der Waals surface area contributed by atoms with Gasteiger partial charge in [-0.1, -0.05) is 31.0 Å². The number of nitrogens with one attached hydrogen (secondary N) is 1. The van der Waals surface area contributed by atoms with Crippen LogP contribution in [-0.2, 0) is 0 Å². The highest BCUT2D eigenvalue weighted by molar-refractivity contribution is 6.34. The summed E-state index contributed by atoms with van der Waals surface area (Å²) in [6.45, 7) is 3.13. The summed E-state index contributed by atoms with van der Waals surface area (Å²) >= 11 is 5.90. The molecule has 1 N–H and O–H groups in total. The second-order valence-electron chi connectivity index (χ2n) is 5.37. The number of nitrogens with zero attached hydrogens (tertiary/aromatic N) is 1. The van der Waals surface area contributed by atoms with Crippen LogP contribution in [0.25, 0.3) is 0 Å². The maximum absolute atomic E-state index is 13.7. The van der Waals surface area contributed by atoms with E-state index in [2.05, 4.69) is 17.1 Å². The molecule has 0 unspecified atom stereocenters. The number of halogens is 2. The molecule has 2 rings (SSSR count). The zero-order valence-corrected chi connectivity index (χ0v) is 14.0. The number of rotatable bonds is 6. The molecule has 0 aliphatic carbocycles. The van der Waals surface area contributed by atoms with E-state index in [4.69, 9.17) is 11.6 Å². The quantitative estimate of drug-likeness (QED) is 0.809. The van der Waals surface area contributed by atoms with Crippen molar-refractivity contribution in [3.05, 3.63) is 58.9 Å². The molecule has 5 heteroatoms. The van der Waals surface area contributed by atoms with Crippen molar-refractivity contribution in [3.63, 3.8) is 0 Å². The minimum atomic E-state index is -0.633. The lowest BCUT2D eigenvalue weighted by atomic mass is 10.2. The molecule has 2 aromatic carbocycles. The number of hydrogen-bond acceptors (Lipinski definition) is 2. The van der Waals surface area contributed by atoms with E-state index in [9.17, 15) is 9.18 Å². The van der Waals surface area contributed by atoms with E-state index in [1.54, 1.807) is 12.1 Å². The molecule has 0 aliphatic rings. The van der Waals surface area contributed by atoms with Gasteiger partial charge in [-0.2, -0.15) is 0 Å². The number of carbonyl (C=O) groups is 1. The van der Waals surface area contributed by atoms with Gasteiger partial charge in [-0.3, -0.25) is 4.79 Å². The van der Waals surface area contributed by atoms with Crippen LogP contribution >= 0.6 is 11.6 Å². The second-order valence-corrected chi connectivity index (χ2v) is 5.78. The fourth-order valence-electron chi connectivity index (χ4n) is 2.23. The largest absolute Gasteiger partial charge is 0.375 e. The molecule has 0 fully saturated rings. The van der Waals surface area contributed by atoms with Crippen LogP contribution in [0.5, 0.6) is 0 Å². The summed E-state index contributed by atoms with van der Waals surface area (Å²) in [6, 6.07) is 11.6. The predicted octanol–water partition coefficient (Wildman–Crippen LogP) is 4.97. The van der Waals surface area contributed by atoms with Crippen LogP contribution < -0.4 is 10.2 Å². The van der Waals surface area contributed by atoms with Gasteiger partial charge in [0.1, 0.15) is 5.82 Å². The van der Waals surface area contributed by atoms with Gasteiger partial charge in [0, 0.05) is 25.0 Å².